The molecule has 0 heterocycles. The van der Waals surface area contributed by atoms with Crippen LogP contribution in [0.25, 0.3) is 44.5 Å². The van der Waals surface area contributed by atoms with Crippen LogP contribution in [0.3, 0.4) is 0 Å². The van der Waals surface area contributed by atoms with Gasteiger partial charge in [0.1, 0.15) is 0 Å². The lowest BCUT2D eigenvalue weighted by molar-refractivity contribution is 1.18. The highest BCUT2D eigenvalue weighted by molar-refractivity contribution is 5.76. The number of hydrogen-bond donors (Lipinski definition) is 0. The van der Waals surface area contributed by atoms with E-state index in [4.69, 9.17) is 0 Å². The second-order valence-electron chi connectivity index (χ2n) is 11.4. The second-order valence-corrected chi connectivity index (χ2v) is 11.4. The van der Waals surface area contributed by atoms with Crippen molar-refractivity contribution in [3.63, 3.8) is 0 Å². The Labute approximate surface area is 245 Å². The van der Waals surface area contributed by atoms with Gasteiger partial charge < -0.3 is 0 Å². The van der Waals surface area contributed by atoms with Crippen LogP contribution in [0.2, 0.25) is 0 Å². The monoisotopic (exact) mass is 528 g/mol. The first kappa shape index (κ1) is 26.5. The molecule has 0 aromatic heterocycles. The molecule has 0 nitrogen and oxygen atoms in total. The van der Waals surface area contributed by atoms with Gasteiger partial charge in [-0.2, -0.15) is 0 Å². The minimum absolute atomic E-state index is 0.882. The maximum Gasteiger partial charge on any atom is -0.00133 e. The molecule has 0 amide bonds. The molecule has 0 aliphatic heterocycles. The lowest BCUT2D eigenvalue weighted by Gasteiger charge is -2.16. The zero-order valence-electron chi connectivity index (χ0n) is 24.4. The second kappa shape index (κ2) is 11.4. The van der Waals surface area contributed by atoms with Gasteiger partial charge in [-0.15, -0.1) is 0 Å². The quantitative estimate of drug-likeness (QED) is 0.202. The molecule has 0 atom stereocenters. The Bertz CT molecular complexity index is 1650. The third kappa shape index (κ3) is 5.93. The van der Waals surface area contributed by atoms with Gasteiger partial charge >= 0.3 is 0 Å². The standard InChI is InChI=1S/C41H36/c1-28-5-11-32(12-6-28)34-15-19-36(20-16-34)40-23-9-30(3)25-38(40)27-39-26-31(4)10-24-41(39)37-21-17-35(18-22-37)33-13-7-29(2)8-14-33/h5-26H,27H2,1-4H3. The predicted molar refractivity (Wildman–Crippen MR) is 176 cm³/mol. The number of aryl methyl sites for hydroxylation is 4. The lowest BCUT2D eigenvalue weighted by atomic mass is 9.88. The fourth-order valence-corrected chi connectivity index (χ4v) is 5.68. The van der Waals surface area contributed by atoms with Gasteiger partial charge in [-0.25, -0.2) is 0 Å². The van der Waals surface area contributed by atoms with Crippen molar-refractivity contribution < 1.29 is 0 Å². The Morgan fingerprint density at radius 1 is 0.293 bits per heavy atom. The maximum atomic E-state index is 2.36. The van der Waals surface area contributed by atoms with Crippen LogP contribution in [0.1, 0.15) is 33.4 Å². The molecular weight excluding hydrogens is 492 g/mol. The smallest absolute Gasteiger partial charge is 0.00133 e. The summed E-state index contributed by atoms with van der Waals surface area (Å²) in [6.07, 6.45) is 0.882. The molecule has 0 spiro atoms. The van der Waals surface area contributed by atoms with Crippen molar-refractivity contribution >= 4 is 0 Å². The van der Waals surface area contributed by atoms with E-state index >= 15 is 0 Å². The zero-order valence-corrected chi connectivity index (χ0v) is 24.4. The van der Waals surface area contributed by atoms with E-state index in [0.29, 0.717) is 0 Å². The van der Waals surface area contributed by atoms with Gasteiger partial charge in [-0.05, 0) is 89.8 Å². The molecule has 0 N–H and O–H groups in total. The minimum atomic E-state index is 0.882. The van der Waals surface area contributed by atoms with Crippen LogP contribution in [0.15, 0.2) is 133 Å². The molecule has 6 aromatic rings. The van der Waals surface area contributed by atoms with E-state index in [1.54, 1.807) is 0 Å². The SMILES string of the molecule is Cc1ccc(-c2ccc(-c3ccc(C)cc3Cc3cc(C)ccc3-c3ccc(-c4ccc(C)cc4)cc3)cc2)cc1. The molecule has 200 valence electrons. The summed E-state index contributed by atoms with van der Waals surface area (Å²) in [5.74, 6) is 0. The summed E-state index contributed by atoms with van der Waals surface area (Å²) in [5, 5.41) is 0. The Balaban J connectivity index is 1.33. The fourth-order valence-electron chi connectivity index (χ4n) is 5.68. The largest absolute Gasteiger partial charge is 0.0587 e. The van der Waals surface area contributed by atoms with Gasteiger partial charge in [0.15, 0.2) is 0 Å². The Hall–Kier alpha value is -4.68. The van der Waals surface area contributed by atoms with Crippen LogP contribution in [-0.4, -0.2) is 0 Å². The highest BCUT2D eigenvalue weighted by atomic mass is 14.2. The van der Waals surface area contributed by atoms with E-state index in [-0.39, 0.29) is 0 Å². The number of rotatable bonds is 6. The summed E-state index contributed by atoms with van der Waals surface area (Å²) in [6, 6.07) is 49.3. The van der Waals surface area contributed by atoms with E-state index < -0.39 is 0 Å². The van der Waals surface area contributed by atoms with Gasteiger partial charge in [0.05, 0.1) is 0 Å². The molecule has 0 unspecified atom stereocenters. The summed E-state index contributed by atoms with van der Waals surface area (Å²) in [4.78, 5) is 0. The van der Waals surface area contributed by atoms with Gasteiger partial charge in [0, 0.05) is 0 Å². The highest BCUT2D eigenvalue weighted by Crippen LogP contribution is 2.33. The summed E-state index contributed by atoms with van der Waals surface area (Å²) in [5.41, 5.74) is 18.0. The molecule has 0 radical (unpaired) electrons. The van der Waals surface area contributed by atoms with E-state index in [1.165, 1.54) is 77.9 Å². The molecule has 6 rings (SSSR count). The van der Waals surface area contributed by atoms with Gasteiger partial charge in [-0.1, -0.05) is 156 Å². The third-order valence-corrected chi connectivity index (χ3v) is 8.06. The van der Waals surface area contributed by atoms with E-state index in [2.05, 4.69) is 161 Å². The molecule has 0 fully saturated rings. The molecule has 0 bridgehead atoms. The van der Waals surface area contributed by atoms with E-state index in [0.717, 1.165) is 6.42 Å². The Kier molecular flexibility index (Phi) is 7.40. The fraction of sp³-hybridized carbons (Fsp3) is 0.122. The van der Waals surface area contributed by atoms with Crippen molar-refractivity contribution in [3.05, 3.63) is 167 Å². The summed E-state index contributed by atoms with van der Waals surface area (Å²) in [6.45, 7) is 8.64. The lowest BCUT2D eigenvalue weighted by Crippen LogP contribution is -1.97. The molecule has 0 saturated heterocycles. The first-order valence-corrected chi connectivity index (χ1v) is 14.5. The highest BCUT2D eigenvalue weighted by Gasteiger charge is 2.12. The van der Waals surface area contributed by atoms with Crippen LogP contribution in [0, 0.1) is 27.7 Å². The van der Waals surface area contributed by atoms with Crippen molar-refractivity contribution in [2.24, 2.45) is 0 Å². The van der Waals surface area contributed by atoms with Gasteiger partial charge in [-0.3, -0.25) is 0 Å². The van der Waals surface area contributed by atoms with Gasteiger partial charge in [0.2, 0.25) is 0 Å². The van der Waals surface area contributed by atoms with Crippen LogP contribution in [0.4, 0.5) is 0 Å². The molecule has 41 heavy (non-hydrogen) atoms. The van der Waals surface area contributed by atoms with Crippen molar-refractivity contribution in [2.75, 3.05) is 0 Å². The van der Waals surface area contributed by atoms with Crippen molar-refractivity contribution in [3.8, 4) is 44.5 Å². The van der Waals surface area contributed by atoms with Crippen molar-refractivity contribution in [1.29, 1.82) is 0 Å². The van der Waals surface area contributed by atoms with Crippen LogP contribution in [-0.2, 0) is 6.42 Å². The average molecular weight is 529 g/mol. The number of hydrogen-bond acceptors (Lipinski definition) is 0. The predicted octanol–water partition coefficient (Wildman–Crippen LogP) is 11.2. The van der Waals surface area contributed by atoms with E-state index in [1.807, 2.05) is 0 Å². The number of benzene rings is 6. The zero-order chi connectivity index (χ0) is 28.3. The maximum absolute atomic E-state index is 2.36. The molecule has 0 saturated carbocycles. The normalized spacial score (nSPS) is 11.0. The summed E-state index contributed by atoms with van der Waals surface area (Å²) >= 11 is 0. The topological polar surface area (TPSA) is 0 Å². The average Bonchev–Trinajstić information content (AvgIpc) is 2.99. The molecule has 0 aliphatic carbocycles. The summed E-state index contributed by atoms with van der Waals surface area (Å²) < 4.78 is 0. The Morgan fingerprint density at radius 2 is 0.561 bits per heavy atom. The van der Waals surface area contributed by atoms with Crippen LogP contribution >= 0.6 is 0 Å². The molecule has 6 aromatic carbocycles. The van der Waals surface area contributed by atoms with E-state index in [9.17, 15) is 0 Å². The first-order chi connectivity index (χ1) is 19.9. The molecule has 0 aliphatic rings. The van der Waals surface area contributed by atoms with Gasteiger partial charge in [0.25, 0.3) is 0 Å². The minimum Gasteiger partial charge on any atom is -0.0587 e. The first-order valence-electron chi connectivity index (χ1n) is 14.5. The van der Waals surface area contributed by atoms with Crippen LogP contribution in [0.5, 0.6) is 0 Å². The summed E-state index contributed by atoms with van der Waals surface area (Å²) in [7, 11) is 0. The Morgan fingerprint density at radius 3 is 0.902 bits per heavy atom. The molecular formula is C41H36. The third-order valence-electron chi connectivity index (χ3n) is 8.06. The molecule has 0 heteroatoms. The van der Waals surface area contributed by atoms with Crippen LogP contribution < -0.4 is 0 Å². The van der Waals surface area contributed by atoms with Crippen molar-refractivity contribution in [2.45, 2.75) is 34.1 Å². The van der Waals surface area contributed by atoms with Crippen molar-refractivity contribution in [1.82, 2.24) is 0 Å².